The predicted molar refractivity (Wildman–Crippen MR) is 124 cm³/mol. The fourth-order valence-corrected chi connectivity index (χ4v) is 2.60. The van der Waals surface area contributed by atoms with Gasteiger partial charge in [0, 0.05) is 28.4 Å². The average Bonchev–Trinajstić information content (AvgIpc) is 2.86. The number of methoxy groups -OCH3 is 4. The first-order chi connectivity index (χ1) is 17.4. The molecule has 1 aromatic rings. The van der Waals surface area contributed by atoms with Gasteiger partial charge in [-0.15, -0.1) is 0 Å². The molecule has 0 N–H and O–H groups in total. The Bertz CT molecular complexity index is 835. The minimum atomic E-state index is -0.927. The molecule has 0 aliphatic heterocycles. The third kappa shape index (κ3) is 10.5. The van der Waals surface area contributed by atoms with Gasteiger partial charge in [0.05, 0.1) is 26.4 Å². The Morgan fingerprint density at radius 2 is 0.667 bits per heavy atom. The number of benzene rings is 1. The largest absolute Gasteiger partial charge is 0.459 e. The van der Waals surface area contributed by atoms with Crippen LogP contribution in [0.3, 0.4) is 0 Å². The maximum Gasteiger partial charge on any atom is 0.346 e. The molecule has 200 valence electrons. The normalized spacial score (nSPS) is 10.3. The Labute approximate surface area is 208 Å². The lowest BCUT2D eigenvalue weighted by Gasteiger charge is -2.10. The molecule has 0 bridgehead atoms. The molecule has 12 heteroatoms. The maximum atomic E-state index is 12.6. The van der Waals surface area contributed by atoms with Crippen LogP contribution in [-0.2, 0) is 57.1 Å². The van der Waals surface area contributed by atoms with Crippen LogP contribution in [0.25, 0.3) is 11.1 Å². The van der Waals surface area contributed by atoms with E-state index in [-0.39, 0.29) is 74.4 Å². The fourth-order valence-electron chi connectivity index (χ4n) is 2.60. The SMILES string of the molecule is COCCOC(=O)C(C(=O)OCCOC)=c1ccc(=C(C(=O)OCCOC)C(=O)OCCOC)cc1. The smallest absolute Gasteiger partial charge is 0.346 e. The predicted octanol–water partition coefficient (Wildman–Crippen LogP) is -1.25. The summed E-state index contributed by atoms with van der Waals surface area (Å²) in [5.41, 5.74) is -0.749. The molecule has 0 spiro atoms. The molecule has 0 atom stereocenters. The van der Waals surface area contributed by atoms with Gasteiger partial charge in [-0.3, -0.25) is 0 Å². The van der Waals surface area contributed by atoms with Crippen LogP contribution in [0.4, 0.5) is 0 Å². The first-order valence-corrected chi connectivity index (χ1v) is 10.9. The van der Waals surface area contributed by atoms with Crippen LogP contribution in [0.1, 0.15) is 0 Å². The van der Waals surface area contributed by atoms with Crippen molar-refractivity contribution in [2.75, 3.05) is 81.3 Å². The molecule has 12 nitrogen and oxygen atoms in total. The molecule has 0 saturated carbocycles. The van der Waals surface area contributed by atoms with Crippen molar-refractivity contribution in [1.82, 2.24) is 0 Å². The summed E-state index contributed by atoms with van der Waals surface area (Å²) in [6.07, 6.45) is 0. The maximum absolute atomic E-state index is 12.6. The van der Waals surface area contributed by atoms with Gasteiger partial charge in [0.2, 0.25) is 0 Å². The highest BCUT2D eigenvalue weighted by molar-refractivity contribution is 6.37. The lowest BCUT2D eigenvalue weighted by Crippen LogP contribution is -2.29. The van der Waals surface area contributed by atoms with Crippen LogP contribution in [0.5, 0.6) is 0 Å². The van der Waals surface area contributed by atoms with Gasteiger partial charge >= 0.3 is 23.9 Å². The second kappa shape index (κ2) is 18.0. The first kappa shape index (κ1) is 30.7. The van der Waals surface area contributed by atoms with Crippen LogP contribution < -0.4 is 10.4 Å². The third-order valence-corrected chi connectivity index (χ3v) is 4.36. The fraction of sp³-hybridized carbons (Fsp3) is 0.500. The summed E-state index contributed by atoms with van der Waals surface area (Å²) in [5.74, 6) is -3.71. The summed E-state index contributed by atoms with van der Waals surface area (Å²) in [7, 11) is 5.74. The van der Waals surface area contributed by atoms with Crippen molar-refractivity contribution in [2.24, 2.45) is 0 Å². The van der Waals surface area contributed by atoms with E-state index in [0.29, 0.717) is 0 Å². The quantitative estimate of drug-likeness (QED) is 0.113. The lowest BCUT2D eigenvalue weighted by atomic mass is 10.1. The Morgan fingerprint density at radius 1 is 0.444 bits per heavy atom. The topological polar surface area (TPSA) is 142 Å². The molecule has 0 amide bonds. The monoisotopic (exact) mass is 512 g/mol. The van der Waals surface area contributed by atoms with E-state index in [0.717, 1.165) is 0 Å². The third-order valence-electron chi connectivity index (χ3n) is 4.36. The highest BCUT2D eigenvalue weighted by Gasteiger charge is 2.24. The van der Waals surface area contributed by atoms with Gasteiger partial charge in [0.1, 0.15) is 26.4 Å². The molecule has 0 aliphatic carbocycles. The van der Waals surface area contributed by atoms with Crippen LogP contribution in [0.15, 0.2) is 24.3 Å². The lowest BCUT2D eigenvalue weighted by molar-refractivity contribution is -0.146. The van der Waals surface area contributed by atoms with Crippen molar-refractivity contribution in [2.45, 2.75) is 0 Å². The van der Waals surface area contributed by atoms with E-state index in [1.54, 1.807) is 0 Å². The van der Waals surface area contributed by atoms with E-state index < -0.39 is 23.9 Å². The molecule has 0 aliphatic rings. The van der Waals surface area contributed by atoms with E-state index in [2.05, 4.69) is 0 Å². The molecular formula is C24H32O12. The van der Waals surface area contributed by atoms with Crippen molar-refractivity contribution in [3.8, 4) is 0 Å². The summed E-state index contributed by atoms with van der Waals surface area (Å²) >= 11 is 0. The summed E-state index contributed by atoms with van der Waals surface area (Å²) in [6, 6.07) is 5.46. The minimum absolute atomic E-state index is 0.0825. The van der Waals surface area contributed by atoms with Crippen LogP contribution in [-0.4, -0.2) is 105 Å². The summed E-state index contributed by atoms with van der Waals surface area (Å²) in [5, 5.41) is 0.284. The molecule has 0 heterocycles. The summed E-state index contributed by atoms with van der Waals surface area (Å²) < 4.78 is 39.7. The van der Waals surface area contributed by atoms with Crippen LogP contribution in [0.2, 0.25) is 0 Å². The zero-order valence-corrected chi connectivity index (χ0v) is 20.9. The van der Waals surface area contributed by atoms with Gasteiger partial charge in [-0.25, -0.2) is 19.2 Å². The number of ether oxygens (including phenoxy) is 8. The van der Waals surface area contributed by atoms with Crippen molar-refractivity contribution in [1.29, 1.82) is 0 Å². The van der Waals surface area contributed by atoms with Crippen molar-refractivity contribution in [3.05, 3.63) is 34.7 Å². The van der Waals surface area contributed by atoms with E-state index in [4.69, 9.17) is 37.9 Å². The van der Waals surface area contributed by atoms with Gasteiger partial charge in [-0.2, -0.15) is 0 Å². The number of esters is 4. The van der Waals surface area contributed by atoms with E-state index in [1.165, 1.54) is 52.7 Å². The Hall–Kier alpha value is -3.32. The Morgan fingerprint density at radius 3 is 0.861 bits per heavy atom. The van der Waals surface area contributed by atoms with Gasteiger partial charge in [-0.1, -0.05) is 24.3 Å². The number of carbonyl (C=O) groups excluding carboxylic acids is 4. The van der Waals surface area contributed by atoms with Crippen molar-refractivity contribution < 1.29 is 57.1 Å². The highest BCUT2D eigenvalue weighted by atomic mass is 16.6. The average molecular weight is 513 g/mol. The molecule has 36 heavy (non-hydrogen) atoms. The highest BCUT2D eigenvalue weighted by Crippen LogP contribution is 2.04. The zero-order valence-electron chi connectivity index (χ0n) is 20.9. The van der Waals surface area contributed by atoms with Gasteiger partial charge in [0.15, 0.2) is 11.1 Å². The second-order valence-electron chi connectivity index (χ2n) is 6.84. The molecule has 0 saturated heterocycles. The molecule has 0 aromatic heterocycles. The number of rotatable bonds is 16. The van der Waals surface area contributed by atoms with E-state index in [1.807, 2.05) is 0 Å². The van der Waals surface area contributed by atoms with E-state index in [9.17, 15) is 19.2 Å². The first-order valence-electron chi connectivity index (χ1n) is 10.9. The minimum Gasteiger partial charge on any atom is -0.459 e. The standard InChI is InChI=1S/C24H32O12/c1-29-9-13-33-21(25)19(22(26)34-14-10-30-2)17-5-7-18(8-6-17)20(23(27)35-15-11-31-3)24(28)36-16-12-32-4/h5-8H,9-16H2,1-4H3. The number of hydrogen-bond donors (Lipinski definition) is 0. The second-order valence-corrected chi connectivity index (χ2v) is 6.84. The molecular weight excluding hydrogens is 480 g/mol. The van der Waals surface area contributed by atoms with Crippen LogP contribution >= 0.6 is 0 Å². The van der Waals surface area contributed by atoms with Gasteiger partial charge in [0.25, 0.3) is 0 Å². The Balaban J connectivity index is 3.47. The summed E-state index contributed by atoms with van der Waals surface area (Å²) in [4.78, 5) is 50.4. The number of carbonyl (C=O) groups is 4. The molecule has 0 radical (unpaired) electrons. The molecule has 0 fully saturated rings. The molecule has 0 unspecified atom stereocenters. The van der Waals surface area contributed by atoms with Crippen molar-refractivity contribution >= 4 is 35.0 Å². The summed E-state index contributed by atoms with van der Waals surface area (Å²) in [6.45, 7) is 0.191. The zero-order chi connectivity index (χ0) is 26.8. The Kier molecular flexibility index (Phi) is 15.4. The molecule has 1 rings (SSSR count). The van der Waals surface area contributed by atoms with E-state index >= 15 is 0 Å². The van der Waals surface area contributed by atoms with Gasteiger partial charge in [-0.05, 0) is 10.4 Å². The van der Waals surface area contributed by atoms with Gasteiger partial charge < -0.3 is 37.9 Å². The van der Waals surface area contributed by atoms with Crippen LogP contribution in [0, 0.1) is 0 Å². The number of hydrogen-bond acceptors (Lipinski definition) is 12. The molecule has 1 aromatic carbocycles. The van der Waals surface area contributed by atoms with Crippen molar-refractivity contribution in [3.63, 3.8) is 0 Å².